The van der Waals surface area contributed by atoms with Crippen molar-refractivity contribution in [1.82, 2.24) is 9.13 Å². The van der Waals surface area contributed by atoms with Crippen LogP contribution in [0.1, 0.15) is 20.7 Å². The molecular weight excluding hydrogens is 673 g/mol. The molecular formula is C27H21F11N2O7. The fourth-order valence-electron chi connectivity index (χ4n) is 4.38. The van der Waals surface area contributed by atoms with Gasteiger partial charge in [-0.05, 0) is 24.3 Å². The number of hydrogen-bond acceptors (Lipinski definition) is 6. The number of carbonyl (C=O) groups excluding carboxylic acids is 1. The molecule has 0 radical (unpaired) electrons. The van der Waals surface area contributed by atoms with E-state index in [1.807, 2.05) is 0 Å². The molecule has 0 aliphatic rings. The van der Waals surface area contributed by atoms with Crippen molar-refractivity contribution < 1.29 is 81.9 Å². The van der Waals surface area contributed by atoms with Crippen LogP contribution >= 0.6 is 0 Å². The van der Waals surface area contributed by atoms with E-state index in [4.69, 9.17) is 14.6 Å². The molecule has 0 aliphatic heterocycles. The van der Waals surface area contributed by atoms with Crippen LogP contribution in [0, 0.1) is 11.6 Å². The number of carboxylic acid groups (broad SMARTS) is 1. The number of carbonyl (C=O) groups is 2. The maximum atomic E-state index is 14.1. The number of benzene rings is 2. The molecule has 2 aromatic heterocycles. The molecule has 0 amide bonds. The minimum atomic E-state index is -5.36. The molecule has 4 rings (SSSR count). The van der Waals surface area contributed by atoms with Crippen molar-refractivity contribution in [3.05, 3.63) is 59.4 Å². The Labute approximate surface area is 255 Å². The molecule has 4 aromatic rings. The van der Waals surface area contributed by atoms with E-state index in [2.05, 4.69) is 9.47 Å². The van der Waals surface area contributed by atoms with Crippen molar-refractivity contribution in [2.45, 2.75) is 32.0 Å². The number of fused-ring (bicyclic) bond motifs is 2. The minimum Gasteiger partial charge on any atom is -0.478 e. The lowest BCUT2D eigenvalue weighted by molar-refractivity contribution is -0.275. The van der Waals surface area contributed by atoms with Crippen LogP contribution in [0.4, 0.5) is 48.3 Å². The fourth-order valence-corrected chi connectivity index (χ4v) is 4.38. The third kappa shape index (κ3) is 8.82. The van der Waals surface area contributed by atoms with E-state index in [0.29, 0.717) is 18.3 Å². The smallest absolute Gasteiger partial charge is 0.478 e. The summed E-state index contributed by atoms with van der Waals surface area (Å²) in [6.45, 7) is -0.0585. The van der Waals surface area contributed by atoms with Gasteiger partial charge in [0.05, 0.1) is 46.1 Å². The first-order chi connectivity index (χ1) is 21.7. The number of Topliss-reactive ketones (excluding diaryl/α,β-unsaturated/α-hetero) is 1. The molecule has 2 heterocycles. The Morgan fingerprint density at radius 1 is 0.681 bits per heavy atom. The maximum absolute atomic E-state index is 14.1. The molecule has 0 bridgehead atoms. The number of hydrogen-bond donors (Lipinski definition) is 1. The molecule has 2 aromatic carbocycles. The number of halogens is 11. The summed E-state index contributed by atoms with van der Waals surface area (Å²) in [5.41, 5.74) is -2.52. The van der Waals surface area contributed by atoms with E-state index < -0.39 is 81.2 Å². The number of alkyl halides is 9. The van der Waals surface area contributed by atoms with Crippen LogP contribution in [-0.2, 0) is 22.6 Å². The molecule has 9 nitrogen and oxygen atoms in total. The van der Waals surface area contributed by atoms with Gasteiger partial charge in [0.1, 0.15) is 23.1 Å². The van der Waals surface area contributed by atoms with Crippen LogP contribution < -0.4 is 9.47 Å². The van der Waals surface area contributed by atoms with Crippen LogP contribution in [0.2, 0.25) is 0 Å². The Hall–Kier alpha value is -4.59. The number of methoxy groups -OCH3 is 2. The van der Waals surface area contributed by atoms with Gasteiger partial charge in [0.15, 0.2) is 0 Å². The average molecular weight is 694 g/mol. The van der Waals surface area contributed by atoms with Crippen molar-refractivity contribution >= 4 is 33.6 Å². The van der Waals surface area contributed by atoms with E-state index >= 15 is 0 Å². The Balaban J connectivity index is 0.000000257. The highest BCUT2D eigenvalue weighted by Gasteiger charge is 2.42. The van der Waals surface area contributed by atoms with E-state index in [9.17, 15) is 57.9 Å². The summed E-state index contributed by atoms with van der Waals surface area (Å²) in [5.74, 6) is -7.73. The van der Waals surface area contributed by atoms with Crippen LogP contribution in [0.3, 0.4) is 0 Å². The highest BCUT2D eigenvalue weighted by molar-refractivity contribution is 6.12. The lowest BCUT2D eigenvalue weighted by Crippen LogP contribution is -2.23. The van der Waals surface area contributed by atoms with Gasteiger partial charge in [-0.25, -0.2) is 13.6 Å². The van der Waals surface area contributed by atoms with Crippen LogP contribution in [-0.4, -0.2) is 72.3 Å². The van der Waals surface area contributed by atoms with Crippen LogP contribution in [0.5, 0.6) is 11.5 Å². The second-order valence-electron chi connectivity index (χ2n) is 9.22. The monoisotopic (exact) mass is 694 g/mol. The molecule has 0 saturated carbocycles. The first kappa shape index (κ1) is 36.9. The molecule has 0 aliphatic carbocycles. The molecule has 258 valence electrons. The van der Waals surface area contributed by atoms with Gasteiger partial charge >= 0.3 is 24.9 Å². The zero-order valence-corrected chi connectivity index (χ0v) is 23.7. The predicted molar refractivity (Wildman–Crippen MR) is 138 cm³/mol. The third-order valence-electron chi connectivity index (χ3n) is 6.12. The van der Waals surface area contributed by atoms with Gasteiger partial charge in [-0.15, -0.1) is 26.3 Å². The summed E-state index contributed by atoms with van der Waals surface area (Å²) in [6.07, 6.45) is -13.9. The highest BCUT2D eigenvalue weighted by atomic mass is 19.4. The number of aromatic nitrogens is 2. The number of rotatable bonds is 10. The quantitative estimate of drug-likeness (QED) is 0.140. The molecule has 1 N–H and O–H groups in total. The summed E-state index contributed by atoms with van der Waals surface area (Å²) in [7, 11) is 2.65. The number of nitrogens with zero attached hydrogens (tertiary/aromatic N) is 2. The van der Waals surface area contributed by atoms with E-state index in [1.165, 1.54) is 18.8 Å². The average Bonchev–Trinajstić information content (AvgIpc) is 3.53. The first-order valence-corrected chi connectivity index (χ1v) is 12.7. The van der Waals surface area contributed by atoms with Crippen LogP contribution in [0.15, 0.2) is 36.7 Å². The predicted octanol–water partition coefficient (Wildman–Crippen LogP) is 7.09. The lowest BCUT2D eigenvalue weighted by atomic mass is 10.1. The van der Waals surface area contributed by atoms with Crippen molar-refractivity contribution in [2.75, 3.05) is 27.4 Å². The molecule has 0 fully saturated rings. The number of ether oxygens (including phenoxy) is 4. The Bertz CT molecular complexity index is 1760. The zero-order chi connectivity index (χ0) is 35.5. The topological polar surface area (TPSA) is 101 Å². The Kier molecular flexibility index (Phi) is 11.0. The van der Waals surface area contributed by atoms with E-state index in [1.54, 1.807) is 0 Å². The van der Waals surface area contributed by atoms with Crippen molar-refractivity contribution in [2.24, 2.45) is 0 Å². The van der Waals surface area contributed by atoms with Gasteiger partial charge in [0.2, 0.25) is 0 Å². The van der Waals surface area contributed by atoms with Gasteiger partial charge < -0.3 is 33.2 Å². The highest BCUT2D eigenvalue weighted by Crippen LogP contribution is 2.39. The van der Waals surface area contributed by atoms with E-state index in [0.717, 1.165) is 22.9 Å². The summed E-state index contributed by atoms with van der Waals surface area (Å²) in [4.78, 5) is 22.8. The standard InChI is InChI=1S/C14H10F7NO3.C13H11F4NO4/c1-24-5-4-22-6-7(12(23)13(16,17)18)10-9(25-14(19,20)21)3-2-8(15)11(10)22;1-21-5-4-18-6-7(12(19)20)10-9(22-13(15,16)17)3-2-8(14)11(10)18/h2-3,6H,4-5H2,1H3;2-3,6H,4-5H2,1H3,(H,19,20). The van der Waals surface area contributed by atoms with E-state index in [-0.39, 0.29) is 31.8 Å². The van der Waals surface area contributed by atoms with Crippen molar-refractivity contribution in [1.29, 1.82) is 0 Å². The fraction of sp³-hybridized carbons (Fsp3) is 0.333. The molecule has 47 heavy (non-hydrogen) atoms. The van der Waals surface area contributed by atoms with Crippen LogP contribution in [0.25, 0.3) is 21.8 Å². The third-order valence-corrected chi connectivity index (χ3v) is 6.12. The zero-order valence-electron chi connectivity index (χ0n) is 23.7. The normalized spacial score (nSPS) is 12.3. The SMILES string of the molecule is COCCn1cc(C(=O)C(F)(F)F)c2c(OC(F)(F)F)ccc(F)c21.COCCn1cc(C(=O)O)c2c(OC(F)(F)F)ccc(F)c21. The van der Waals surface area contributed by atoms with Crippen molar-refractivity contribution in [3.63, 3.8) is 0 Å². The summed E-state index contributed by atoms with van der Waals surface area (Å²) in [5, 5.41) is 7.78. The molecule has 0 saturated heterocycles. The van der Waals surface area contributed by atoms with Gasteiger partial charge in [-0.3, -0.25) is 4.79 Å². The van der Waals surface area contributed by atoms with Gasteiger partial charge in [-0.1, -0.05) is 0 Å². The number of ketones is 1. The minimum absolute atomic E-state index is 0.0761. The second-order valence-corrected chi connectivity index (χ2v) is 9.22. The van der Waals surface area contributed by atoms with Gasteiger partial charge in [0.25, 0.3) is 5.78 Å². The molecule has 0 unspecified atom stereocenters. The lowest BCUT2D eigenvalue weighted by Gasteiger charge is -2.12. The number of carboxylic acids is 1. The summed E-state index contributed by atoms with van der Waals surface area (Å²) < 4.78 is 160. The molecule has 0 spiro atoms. The van der Waals surface area contributed by atoms with Gasteiger partial charge in [-0.2, -0.15) is 13.2 Å². The maximum Gasteiger partial charge on any atom is 0.573 e. The summed E-state index contributed by atoms with van der Waals surface area (Å²) >= 11 is 0. The second kappa shape index (κ2) is 14.0. The largest absolute Gasteiger partial charge is 0.573 e. The van der Waals surface area contributed by atoms with Gasteiger partial charge in [0, 0.05) is 39.7 Å². The van der Waals surface area contributed by atoms with Crippen molar-refractivity contribution in [3.8, 4) is 11.5 Å². The summed E-state index contributed by atoms with van der Waals surface area (Å²) in [6, 6.07) is 2.66. The number of aromatic carboxylic acids is 1. The molecule has 20 heteroatoms. The Morgan fingerprint density at radius 3 is 1.40 bits per heavy atom. The molecule has 0 atom stereocenters. The Morgan fingerprint density at radius 2 is 1.06 bits per heavy atom. The first-order valence-electron chi connectivity index (χ1n) is 12.7.